The van der Waals surface area contributed by atoms with Crippen LogP contribution in [0.15, 0.2) is 21.9 Å². The minimum Gasteiger partial charge on any atom is -0.457 e. The fraction of sp³-hybridized carbons (Fsp3) is 0.643. The third-order valence-corrected chi connectivity index (χ3v) is 4.16. The van der Waals surface area contributed by atoms with Crippen molar-refractivity contribution in [3.8, 4) is 0 Å². The molecule has 3 rings (SSSR count). The molecule has 8 nitrogen and oxygen atoms in total. The molecule has 3 heterocycles. The molecule has 1 aromatic heterocycles. The van der Waals surface area contributed by atoms with E-state index in [4.69, 9.17) is 14.2 Å². The Morgan fingerprint density at radius 3 is 2.59 bits per heavy atom. The number of aromatic nitrogens is 2. The van der Waals surface area contributed by atoms with Crippen LogP contribution in [0, 0.1) is 5.92 Å². The number of H-pyrrole nitrogens is 1. The van der Waals surface area contributed by atoms with E-state index >= 15 is 0 Å². The van der Waals surface area contributed by atoms with Crippen molar-refractivity contribution in [3.63, 3.8) is 0 Å². The normalized spacial score (nSPS) is 30.5. The lowest BCUT2D eigenvalue weighted by Crippen LogP contribution is -2.40. The first-order valence-corrected chi connectivity index (χ1v) is 7.12. The number of nitrogens with one attached hydrogen (secondary N) is 1. The molecule has 2 atom stereocenters. The topological polar surface area (TPSA) is 99.6 Å². The van der Waals surface area contributed by atoms with Gasteiger partial charge in [0.1, 0.15) is 11.5 Å². The average Bonchev–Trinajstić information content (AvgIpc) is 2.99. The van der Waals surface area contributed by atoms with E-state index in [9.17, 15) is 14.4 Å². The van der Waals surface area contributed by atoms with Crippen molar-refractivity contribution < 1.29 is 19.0 Å². The molecule has 1 aromatic rings. The summed E-state index contributed by atoms with van der Waals surface area (Å²) in [5.41, 5.74) is -1.86. The number of cyclic esters (lactones) is 1. The van der Waals surface area contributed by atoms with Gasteiger partial charge < -0.3 is 14.2 Å². The van der Waals surface area contributed by atoms with Crippen molar-refractivity contribution in [1.82, 2.24) is 9.55 Å². The molecule has 2 aliphatic heterocycles. The molecular weight excluding hydrogens is 292 g/mol. The van der Waals surface area contributed by atoms with E-state index in [1.54, 1.807) is 13.8 Å². The Hall–Kier alpha value is -1.93. The van der Waals surface area contributed by atoms with E-state index in [1.807, 2.05) is 0 Å². The molecule has 2 saturated heterocycles. The van der Waals surface area contributed by atoms with Gasteiger partial charge in [0.25, 0.3) is 5.56 Å². The standard InChI is InChI=1S/C14H18N2O6/c1-13(8-16-4-3-10(17)15-12(16)19)7-9(11(18)22-13)14(2)20-5-6-21-14/h3-4,9H,5-8H2,1-2H3,(H,15,17,19)/t9-,13+/m0/s1. The van der Waals surface area contributed by atoms with Gasteiger partial charge in [-0.3, -0.25) is 19.1 Å². The van der Waals surface area contributed by atoms with Gasteiger partial charge >= 0.3 is 11.7 Å². The Morgan fingerprint density at radius 1 is 1.27 bits per heavy atom. The van der Waals surface area contributed by atoms with Crippen molar-refractivity contribution in [2.45, 2.75) is 38.2 Å². The smallest absolute Gasteiger partial charge is 0.328 e. The number of hydrogen-bond donors (Lipinski definition) is 1. The molecule has 1 N–H and O–H groups in total. The third kappa shape index (κ3) is 2.59. The summed E-state index contributed by atoms with van der Waals surface area (Å²) < 4.78 is 17.9. The third-order valence-electron chi connectivity index (χ3n) is 4.16. The van der Waals surface area contributed by atoms with E-state index < -0.39 is 34.5 Å². The number of aromatic amines is 1. The molecule has 120 valence electrons. The zero-order chi connectivity index (χ0) is 16.0. The van der Waals surface area contributed by atoms with Gasteiger partial charge in [0.2, 0.25) is 0 Å². The minimum atomic E-state index is -0.981. The highest BCUT2D eigenvalue weighted by Crippen LogP contribution is 2.41. The van der Waals surface area contributed by atoms with E-state index in [2.05, 4.69) is 4.98 Å². The highest BCUT2D eigenvalue weighted by atomic mass is 16.7. The summed E-state index contributed by atoms with van der Waals surface area (Å²) in [4.78, 5) is 37.2. The second kappa shape index (κ2) is 5.06. The summed E-state index contributed by atoms with van der Waals surface area (Å²) in [6, 6.07) is 1.25. The number of esters is 1. The Balaban J connectivity index is 1.81. The SMILES string of the molecule is CC1([C@H]2C[C@](C)(Cn3ccc(=O)[nH]c3=O)OC2=O)OCCO1. The summed E-state index contributed by atoms with van der Waals surface area (Å²) in [6.45, 7) is 4.51. The van der Waals surface area contributed by atoms with Crippen LogP contribution in [-0.2, 0) is 25.5 Å². The van der Waals surface area contributed by atoms with Crippen LogP contribution in [0.3, 0.4) is 0 Å². The van der Waals surface area contributed by atoms with Crippen LogP contribution in [0.2, 0.25) is 0 Å². The highest BCUT2D eigenvalue weighted by Gasteiger charge is 2.54. The first-order valence-electron chi connectivity index (χ1n) is 7.12. The maximum atomic E-state index is 12.2. The Morgan fingerprint density at radius 2 is 1.95 bits per heavy atom. The molecule has 8 heteroatoms. The molecule has 0 aromatic carbocycles. The second-order valence-electron chi connectivity index (χ2n) is 6.08. The Bertz CT molecular complexity index is 702. The largest absolute Gasteiger partial charge is 0.457 e. The van der Waals surface area contributed by atoms with Crippen LogP contribution >= 0.6 is 0 Å². The molecule has 0 spiro atoms. The Labute approximate surface area is 126 Å². The molecule has 0 saturated carbocycles. The summed E-state index contributed by atoms with van der Waals surface area (Å²) in [5, 5.41) is 0. The fourth-order valence-corrected chi connectivity index (χ4v) is 3.03. The fourth-order valence-electron chi connectivity index (χ4n) is 3.03. The zero-order valence-corrected chi connectivity index (χ0v) is 12.5. The maximum absolute atomic E-state index is 12.2. The van der Waals surface area contributed by atoms with Gasteiger partial charge in [-0.15, -0.1) is 0 Å². The number of carbonyl (C=O) groups is 1. The van der Waals surface area contributed by atoms with E-state index in [0.717, 1.165) is 0 Å². The van der Waals surface area contributed by atoms with Gasteiger partial charge in [-0.25, -0.2) is 4.79 Å². The molecule has 2 fully saturated rings. The van der Waals surface area contributed by atoms with Crippen molar-refractivity contribution in [1.29, 1.82) is 0 Å². The monoisotopic (exact) mass is 310 g/mol. The quantitative estimate of drug-likeness (QED) is 0.764. The molecule has 0 unspecified atom stereocenters. The van der Waals surface area contributed by atoms with Crippen molar-refractivity contribution in [3.05, 3.63) is 33.1 Å². The Kier molecular flexibility index (Phi) is 3.45. The molecule has 0 aliphatic carbocycles. The van der Waals surface area contributed by atoms with Crippen LogP contribution in [0.4, 0.5) is 0 Å². The summed E-state index contributed by atoms with van der Waals surface area (Å²) in [6.07, 6.45) is 1.76. The molecule has 22 heavy (non-hydrogen) atoms. The lowest BCUT2D eigenvalue weighted by molar-refractivity contribution is -0.189. The van der Waals surface area contributed by atoms with Gasteiger partial charge in [0.05, 0.1) is 19.8 Å². The van der Waals surface area contributed by atoms with E-state index in [-0.39, 0.29) is 6.54 Å². The highest BCUT2D eigenvalue weighted by molar-refractivity contribution is 5.76. The second-order valence-corrected chi connectivity index (χ2v) is 6.08. The van der Waals surface area contributed by atoms with Gasteiger partial charge in [0.15, 0.2) is 5.79 Å². The number of nitrogens with zero attached hydrogens (tertiary/aromatic N) is 1. The van der Waals surface area contributed by atoms with Crippen LogP contribution < -0.4 is 11.2 Å². The summed E-state index contributed by atoms with van der Waals surface area (Å²) in [7, 11) is 0. The van der Waals surface area contributed by atoms with Crippen molar-refractivity contribution in [2.24, 2.45) is 5.92 Å². The summed E-state index contributed by atoms with van der Waals surface area (Å²) >= 11 is 0. The van der Waals surface area contributed by atoms with Crippen molar-refractivity contribution >= 4 is 5.97 Å². The predicted octanol–water partition coefficient (Wildman–Crippen LogP) is -0.379. The first kappa shape index (κ1) is 15.0. The predicted molar refractivity (Wildman–Crippen MR) is 74.2 cm³/mol. The lowest BCUT2D eigenvalue weighted by atomic mass is 9.90. The van der Waals surface area contributed by atoms with Gasteiger partial charge in [0, 0.05) is 18.7 Å². The molecular formula is C14H18N2O6. The first-order chi connectivity index (χ1) is 10.3. The summed E-state index contributed by atoms with van der Waals surface area (Å²) in [5.74, 6) is -1.92. The van der Waals surface area contributed by atoms with Crippen LogP contribution in [-0.4, -0.2) is 40.1 Å². The number of hydrogen-bond acceptors (Lipinski definition) is 6. The van der Waals surface area contributed by atoms with Gasteiger partial charge in [-0.1, -0.05) is 0 Å². The van der Waals surface area contributed by atoms with Crippen LogP contribution in [0.5, 0.6) is 0 Å². The molecule has 0 radical (unpaired) electrons. The molecule has 0 bridgehead atoms. The number of rotatable bonds is 3. The number of ether oxygens (including phenoxy) is 3. The average molecular weight is 310 g/mol. The van der Waals surface area contributed by atoms with Crippen molar-refractivity contribution in [2.75, 3.05) is 13.2 Å². The number of carbonyl (C=O) groups excluding carboxylic acids is 1. The van der Waals surface area contributed by atoms with Gasteiger partial charge in [-0.05, 0) is 13.8 Å². The lowest BCUT2D eigenvalue weighted by Gasteiger charge is -2.27. The van der Waals surface area contributed by atoms with Gasteiger partial charge in [-0.2, -0.15) is 0 Å². The molecule has 0 amide bonds. The van der Waals surface area contributed by atoms with Crippen LogP contribution in [0.25, 0.3) is 0 Å². The minimum absolute atomic E-state index is 0.154. The molecule has 2 aliphatic rings. The van der Waals surface area contributed by atoms with Crippen LogP contribution in [0.1, 0.15) is 20.3 Å². The van der Waals surface area contributed by atoms with E-state index in [0.29, 0.717) is 19.6 Å². The van der Waals surface area contributed by atoms with E-state index in [1.165, 1.54) is 16.8 Å². The maximum Gasteiger partial charge on any atom is 0.328 e. The zero-order valence-electron chi connectivity index (χ0n) is 12.5.